The number of terminal acetylenes is 3. The number of hydrogen-bond acceptors (Lipinski definition) is 6. The van der Waals surface area contributed by atoms with Crippen molar-refractivity contribution in [3.05, 3.63) is 76.9 Å². The van der Waals surface area contributed by atoms with E-state index in [1.165, 1.54) is 5.56 Å². The quantitative estimate of drug-likeness (QED) is 0.212. The second-order valence-corrected chi connectivity index (χ2v) is 10.7. The van der Waals surface area contributed by atoms with E-state index in [0.29, 0.717) is 17.9 Å². The second-order valence-electron chi connectivity index (χ2n) is 10.7. The Morgan fingerprint density at radius 1 is 0.667 bits per heavy atom. The molecule has 0 spiro atoms. The van der Waals surface area contributed by atoms with Crippen molar-refractivity contribution < 1.29 is 28.4 Å². The molecule has 4 unspecified atom stereocenters. The van der Waals surface area contributed by atoms with E-state index < -0.39 is 0 Å². The van der Waals surface area contributed by atoms with Gasteiger partial charge in [-0.2, -0.15) is 0 Å². The summed E-state index contributed by atoms with van der Waals surface area (Å²) in [4.78, 5) is 0. The molecule has 0 aliphatic carbocycles. The fourth-order valence-corrected chi connectivity index (χ4v) is 5.04. The molecule has 6 rings (SSSR count). The average Bonchev–Trinajstić information content (AvgIpc) is 3.88. The maximum Gasteiger partial charge on any atom is 0.148 e. The third kappa shape index (κ3) is 7.09. The molecule has 6 heteroatoms. The standard InChI is InChI=1S/C36H32O6/c1-4-13-37-32-12-7-24(15-29(32)17-30-21-39-30)16-35-36(42-35)20-28-11-10-27(19-34(28)38-14-5-2)26-9-8-25(6-3)33(18-26)41-23-31-22-40-31/h1-3,7-12,15,18-19,30-31,35-36H,13-14,16-17,20-23H2. The van der Waals surface area contributed by atoms with Gasteiger partial charge in [0, 0.05) is 19.3 Å². The van der Waals surface area contributed by atoms with Gasteiger partial charge in [-0.25, -0.2) is 0 Å². The maximum absolute atomic E-state index is 6.10. The smallest absolute Gasteiger partial charge is 0.148 e. The number of epoxide rings is 3. The fourth-order valence-electron chi connectivity index (χ4n) is 5.04. The summed E-state index contributed by atoms with van der Waals surface area (Å²) in [7, 11) is 0. The normalized spacial score (nSPS) is 21.4. The summed E-state index contributed by atoms with van der Waals surface area (Å²) in [6.07, 6.45) is 19.6. The van der Waals surface area contributed by atoms with Gasteiger partial charge >= 0.3 is 0 Å². The number of ether oxygens (including phenoxy) is 6. The van der Waals surface area contributed by atoms with E-state index in [0.717, 1.165) is 66.2 Å². The minimum Gasteiger partial charge on any atom is -0.489 e. The molecule has 3 heterocycles. The van der Waals surface area contributed by atoms with Gasteiger partial charge in [-0.05, 0) is 52.1 Å². The number of hydrogen-bond donors (Lipinski definition) is 0. The summed E-state index contributed by atoms with van der Waals surface area (Å²) in [5, 5.41) is 0. The lowest BCUT2D eigenvalue weighted by Gasteiger charge is -2.13. The van der Waals surface area contributed by atoms with Crippen LogP contribution in [-0.2, 0) is 33.5 Å². The highest BCUT2D eigenvalue weighted by molar-refractivity contribution is 5.69. The van der Waals surface area contributed by atoms with E-state index in [1.54, 1.807) is 0 Å². The van der Waals surface area contributed by atoms with Gasteiger partial charge in [0.2, 0.25) is 0 Å². The first-order valence-corrected chi connectivity index (χ1v) is 14.1. The Labute approximate surface area is 247 Å². The van der Waals surface area contributed by atoms with Crippen LogP contribution in [0.4, 0.5) is 0 Å². The summed E-state index contributed by atoms with van der Waals surface area (Å²) >= 11 is 0. The number of benzene rings is 3. The molecule has 3 saturated heterocycles. The van der Waals surface area contributed by atoms with Crippen molar-refractivity contribution in [2.45, 2.75) is 43.7 Å². The zero-order valence-corrected chi connectivity index (χ0v) is 23.3. The van der Waals surface area contributed by atoms with E-state index in [2.05, 4.69) is 42.0 Å². The summed E-state index contributed by atoms with van der Waals surface area (Å²) in [5.74, 6) is 10.0. The van der Waals surface area contributed by atoms with Crippen molar-refractivity contribution in [3.63, 3.8) is 0 Å². The molecule has 0 radical (unpaired) electrons. The molecule has 0 N–H and O–H groups in total. The van der Waals surface area contributed by atoms with Crippen LogP contribution in [0.2, 0.25) is 0 Å². The van der Waals surface area contributed by atoms with Gasteiger partial charge in [-0.3, -0.25) is 0 Å². The zero-order valence-electron chi connectivity index (χ0n) is 23.3. The van der Waals surface area contributed by atoms with Crippen LogP contribution in [-0.4, -0.2) is 57.5 Å². The minimum atomic E-state index is 0.0937. The van der Waals surface area contributed by atoms with Gasteiger partial charge in [-0.1, -0.05) is 48.1 Å². The molecule has 3 aromatic rings. The molecule has 3 aliphatic heterocycles. The maximum atomic E-state index is 6.10. The van der Waals surface area contributed by atoms with Crippen LogP contribution < -0.4 is 14.2 Å². The molecule has 3 aliphatic rings. The highest BCUT2D eigenvalue weighted by Crippen LogP contribution is 2.36. The van der Waals surface area contributed by atoms with E-state index in [-0.39, 0.29) is 37.6 Å². The third-order valence-electron chi connectivity index (χ3n) is 7.51. The summed E-state index contributed by atoms with van der Waals surface area (Å²) in [5.41, 5.74) is 6.03. The molecule has 6 nitrogen and oxygen atoms in total. The van der Waals surface area contributed by atoms with Gasteiger partial charge in [0.1, 0.15) is 43.2 Å². The first-order chi connectivity index (χ1) is 20.6. The van der Waals surface area contributed by atoms with E-state index in [1.807, 2.05) is 30.3 Å². The molecule has 0 amide bonds. The fraction of sp³-hybridized carbons (Fsp3) is 0.333. The molecule has 0 saturated carbocycles. The Morgan fingerprint density at radius 2 is 1.36 bits per heavy atom. The predicted molar refractivity (Wildman–Crippen MR) is 160 cm³/mol. The van der Waals surface area contributed by atoms with Crippen LogP contribution in [0.1, 0.15) is 22.3 Å². The van der Waals surface area contributed by atoms with Crippen LogP contribution in [0.25, 0.3) is 11.1 Å². The van der Waals surface area contributed by atoms with Crippen molar-refractivity contribution in [2.75, 3.05) is 33.0 Å². The molecular formula is C36H32O6. The van der Waals surface area contributed by atoms with Crippen LogP contribution in [0.5, 0.6) is 17.2 Å². The average molecular weight is 561 g/mol. The summed E-state index contributed by atoms with van der Waals surface area (Å²) < 4.78 is 34.5. The van der Waals surface area contributed by atoms with Gasteiger partial charge < -0.3 is 28.4 Å². The van der Waals surface area contributed by atoms with Crippen LogP contribution in [0, 0.1) is 37.0 Å². The topological polar surface area (TPSA) is 65.3 Å². The van der Waals surface area contributed by atoms with Crippen molar-refractivity contribution >= 4 is 0 Å². The molecular weight excluding hydrogens is 528 g/mol. The van der Waals surface area contributed by atoms with Gasteiger partial charge in [0.05, 0.1) is 37.1 Å². The van der Waals surface area contributed by atoms with Crippen molar-refractivity contribution in [2.24, 2.45) is 0 Å². The predicted octanol–water partition coefficient (Wildman–Crippen LogP) is 4.63. The highest BCUT2D eigenvalue weighted by Gasteiger charge is 2.39. The first kappa shape index (κ1) is 27.8. The molecule has 212 valence electrons. The minimum absolute atomic E-state index is 0.0937. The second kappa shape index (κ2) is 12.6. The summed E-state index contributed by atoms with van der Waals surface area (Å²) in [6, 6.07) is 18.3. The van der Waals surface area contributed by atoms with Crippen molar-refractivity contribution in [3.8, 4) is 65.4 Å². The molecule has 3 fully saturated rings. The van der Waals surface area contributed by atoms with Crippen molar-refractivity contribution in [1.29, 1.82) is 0 Å². The summed E-state index contributed by atoms with van der Waals surface area (Å²) in [6.45, 7) is 2.42. The lowest BCUT2D eigenvalue weighted by molar-refractivity contribution is 0.262. The number of rotatable bonds is 14. The van der Waals surface area contributed by atoms with E-state index >= 15 is 0 Å². The Kier molecular flexibility index (Phi) is 8.36. The Morgan fingerprint density at radius 3 is 2.07 bits per heavy atom. The lowest BCUT2D eigenvalue weighted by Crippen LogP contribution is -2.06. The molecule has 42 heavy (non-hydrogen) atoms. The Hall–Kier alpha value is -4.38. The van der Waals surface area contributed by atoms with Gasteiger partial charge in [0.15, 0.2) is 0 Å². The van der Waals surface area contributed by atoms with Crippen LogP contribution in [0.3, 0.4) is 0 Å². The Balaban J connectivity index is 1.14. The van der Waals surface area contributed by atoms with Gasteiger partial charge in [-0.15, -0.1) is 19.3 Å². The molecule has 0 bridgehead atoms. The van der Waals surface area contributed by atoms with Crippen LogP contribution in [0.15, 0.2) is 54.6 Å². The Bertz CT molecular complexity index is 1560. The molecule has 0 aromatic heterocycles. The monoisotopic (exact) mass is 560 g/mol. The van der Waals surface area contributed by atoms with E-state index in [4.69, 9.17) is 47.7 Å². The SMILES string of the molecule is C#CCOc1ccc(CC2OC2Cc2ccc(-c3ccc(C#C)c(OCC4CO4)c3)cc2OCC#C)cc1CC1CO1. The van der Waals surface area contributed by atoms with Crippen molar-refractivity contribution in [1.82, 2.24) is 0 Å². The van der Waals surface area contributed by atoms with E-state index in [9.17, 15) is 0 Å². The largest absolute Gasteiger partial charge is 0.489 e. The zero-order chi connectivity index (χ0) is 28.9. The first-order valence-electron chi connectivity index (χ1n) is 14.1. The third-order valence-corrected chi connectivity index (χ3v) is 7.51. The molecule has 4 atom stereocenters. The highest BCUT2D eigenvalue weighted by atomic mass is 16.6. The van der Waals surface area contributed by atoms with Crippen LogP contribution >= 0.6 is 0 Å². The lowest BCUT2D eigenvalue weighted by atomic mass is 9.97. The van der Waals surface area contributed by atoms with Gasteiger partial charge in [0.25, 0.3) is 0 Å². The molecule has 3 aromatic carbocycles.